The zero-order chi connectivity index (χ0) is 25.8. The number of nitrogens with one attached hydrogen (secondary N) is 2. The molecule has 1 amide bonds. The van der Waals surface area contributed by atoms with E-state index in [1.165, 1.54) is 31.5 Å². The number of carbonyl (C=O) groups excluding carboxylic acids is 2. The summed E-state index contributed by atoms with van der Waals surface area (Å²) in [6, 6.07) is 12.0. The van der Waals surface area contributed by atoms with Gasteiger partial charge in [0.25, 0.3) is 0 Å². The molecule has 0 aliphatic heterocycles. The second kappa shape index (κ2) is 10.7. The molecule has 11 heteroatoms. The van der Waals surface area contributed by atoms with Crippen molar-refractivity contribution in [3.05, 3.63) is 76.7 Å². The Morgan fingerprint density at radius 1 is 1.11 bits per heavy atom. The lowest BCUT2D eigenvalue weighted by molar-refractivity contribution is -0.150. The maximum absolute atomic E-state index is 14.3. The number of anilines is 2. The van der Waals surface area contributed by atoms with Crippen LogP contribution in [0.2, 0.25) is 5.02 Å². The molecular formula is C24H20ClF4N3O3. The van der Waals surface area contributed by atoms with Crippen LogP contribution in [0.5, 0.6) is 0 Å². The summed E-state index contributed by atoms with van der Waals surface area (Å²) in [5, 5.41) is 5.19. The second-order valence-electron chi connectivity index (χ2n) is 7.50. The SMILES string of the molecule is COC(=O)c1c(F)cccc1-c1ccc([C@@H](C)Nc2nccc(Cl)c2NC(=O)CC(F)(F)F)cc1. The van der Waals surface area contributed by atoms with Crippen molar-refractivity contribution in [3.8, 4) is 11.1 Å². The van der Waals surface area contributed by atoms with Crippen LogP contribution in [0.3, 0.4) is 0 Å². The van der Waals surface area contributed by atoms with Crippen LogP contribution in [0.4, 0.5) is 29.1 Å². The van der Waals surface area contributed by atoms with Gasteiger partial charge in [-0.25, -0.2) is 14.2 Å². The number of aromatic nitrogens is 1. The van der Waals surface area contributed by atoms with Gasteiger partial charge in [0.15, 0.2) is 5.82 Å². The summed E-state index contributed by atoms with van der Waals surface area (Å²) in [6.07, 6.45) is -4.99. The molecule has 1 aromatic heterocycles. The van der Waals surface area contributed by atoms with Gasteiger partial charge < -0.3 is 15.4 Å². The molecule has 2 N–H and O–H groups in total. The Bertz CT molecular complexity index is 1230. The van der Waals surface area contributed by atoms with Crippen LogP contribution in [0.1, 0.15) is 35.3 Å². The molecule has 184 valence electrons. The maximum atomic E-state index is 14.3. The molecule has 0 aliphatic carbocycles. The van der Waals surface area contributed by atoms with Crippen molar-refractivity contribution in [2.75, 3.05) is 17.7 Å². The fraction of sp³-hybridized carbons (Fsp3) is 0.208. The molecule has 1 atom stereocenters. The van der Waals surface area contributed by atoms with Crippen molar-refractivity contribution in [2.45, 2.75) is 25.6 Å². The number of nitrogens with zero attached hydrogens (tertiary/aromatic N) is 1. The number of benzene rings is 2. The summed E-state index contributed by atoms with van der Waals surface area (Å²) in [6.45, 7) is 1.76. The van der Waals surface area contributed by atoms with E-state index < -0.39 is 36.3 Å². The van der Waals surface area contributed by atoms with E-state index in [9.17, 15) is 27.2 Å². The highest BCUT2D eigenvalue weighted by Crippen LogP contribution is 2.33. The summed E-state index contributed by atoms with van der Waals surface area (Å²) in [7, 11) is 1.17. The first-order valence-corrected chi connectivity index (χ1v) is 10.6. The molecule has 0 saturated heterocycles. The maximum Gasteiger partial charge on any atom is 0.397 e. The lowest BCUT2D eigenvalue weighted by atomic mass is 9.97. The number of hydrogen-bond donors (Lipinski definition) is 2. The lowest BCUT2D eigenvalue weighted by Gasteiger charge is -2.19. The van der Waals surface area contributed by atoms with Gasteiger partial charge in [-0.05, 0) is 35.7 Å². The highest BCUT2D eigenvalue weighted by Gasteiger charge is 2.32. The topological polar surface area (TPSA) is 80.3 Å². The summed E-state index contributed by atoms with van der Waals surface area (Å²) in [5.41, 5.74) is 1.40. The zero-order valence-electron chi connectivity index (χ0n) is 18.5. The van der Waals surface area contributed by atoms with Gasteiger partial charge in [0.1, 0.15) is 23.5 Å². The Balaban J connectivity index is 1.83. The fourth-order valence-corrected chi connectivity index (χ4v) is 3.54. The molecule has 0 bridgehead atoms. The third-order valence-electron chi connectivity index (χ3n) is 5.00. The van der Waals surface area contributed by atoms with Crippen molar-refractivity contribution in [1.29, 1.82) is 0 Å². The first-order chi connectivity index (χ1) is 16.5. The number of rotatable bonds is 7. The van der Waals surface area contributed by atoms with Crippen molar-refractivity contribution < 1.29 is 31.9 Å². The lowest BCUT2D eigenvalue weighted by Crippen LogP contribution is -2.22. The van der Waals surface area contributed by atoms with Crippen molar-refractivity contribution in [1.82, 2.24) is 4.98 Å². The van der Waals surface area contributed by atoms with Crippen LogP contribution >= 0.6 is 11.6 Å². The van der Waals surface area contributed by atoms with Gasteiger partial charge in [0.2, 0.25) is 5.91 Å². The van der Waals surface area contributed by atoms with Crippen molar-refractivity contribution in [2.24, 2.45) is 0 Å². The summed E-state index contributed by atoms with van der Waals surface area (Å²) >= 11 is 6.08. The molecule has 0 fully saturated rings. The van der Waals surface area contributed by atoms with Crippen LogP contribution in [0.25, 0.3) is 11.1 Å². The van der Waals surface area contributed by atoms with Crippen LogP contribution in [-0.4, -0.2) is 30.1 Å². The first-order valence-electron chi connectivity index (χ1n) is 10.2. The monoisotopic (exact) mass is 509 g/mol. The van der Waals surface area contributed by atoms with Crippen LogP contribution in [-0.2, 0) is 9.53 Å². The summed E-state index contributed by atoms with van der Waals surface area (Å²) in [4.78, 5) is 27.9. The normalized spacial score (nSPS) is 12.1. The zero-order valence-corrected chi connectivity index (χ0v) is 19.3. The van der Waals surface area contributed by atoms with Gasteiger partial charge >= 0.3 is 12.1 Å². The highest BCUT2D eigenvalue weighted by molar-refractivity contribution is 6.34. The van der Waals surface area contributed by atoms with E-state index in [1.807, 2.05) is 0 Å². The number of ether oxygens (including phenoxy) is 1. The standard InChI is InChI=1S/C24H20ClF4N3O3/c1-13(31-22-21(17(25)10-11-30-22)32-19(33)12-24(27,28)29)14-6-8-15(9-7-14)16-4-3-5-18(26)20(16)23(34)35-2/h3-11,13H,12H2,1-2H3,(H,30,31)(H,32,33)/t13-/m1/s1. The quantitative estimate of drug-likeness (QED) is 0.285. The smallest absolute Gasteiger partial charge is 0.397 e. The third kappa shape index (κ3) is 6.48. The predicted molar refractivity (Wildman–Crippen MR) is 124 cm³/mol. The van der Waals surface area contributed by atoms with E-state index in [2.05, 4.69) is 20.4 Å². The number of methoxy groups -OCH3 is 1. The third-order valence-corrected chi connectivity index (χ3v) is 5.32. The molecule has 6 nitrogen and oxygen atoms in total. The number of esters is 1. The Hall–Kier alpha value is -3.66. The average Bonchev–Trinajstić information content (AvgIpc) is 2.79. The van der Waals surface area contributed by atoms with Gasteiger partial charge in [0, 0.05) is 6.20 Å². The first kappa shape index (κ1) is 26.0. The molecule has 35 heavy (non-hydrogen) atoms. The Morgan fingerprint density at radius 2 is 1.80 bits per heavy atom. The Kier molecular flexibility index (Phi) is 7.96. The number of carbonyl (C=O) groups is 2. The van der Waals surface area contributed by atoms with Gasteiger partial charge in [-0.1, -0.05) is 48.0 Å². The molecule has 3 aromatic rings. The number of halogens is 5. The molecule has 0 radical (unpaired) electrons. The molecule has 0 aliphatic rings. The fourth-order valence-electron chi connectivity index (χ4n) is 3.35. The molecule has 0 saturated carbocycles. The van der Waals surface area contributed by atoms with Crippen molar-refractivity contribution >= 4 is 35.0 Å². The largest absolute Gasteiger partial charge is 0.465 e. The molecule has 2 aromatic carbocycles. The minimum absolute atomic E-state index is 0.0158. The van der Waals surface area contributed by atoms with Crippen LogP contribution in [0.15, 0.2) is 54.7 Å². The van der Waals surface area contributed by atoms with Gasteiger partial charge in [-0.2, -0.15) is 13.2 Å². The average molecular weight is 510 g/mol. The molecular weight excluding hydrogens is 490 g/mol. The number of amides is 1. The molecule has 0 spiro atoms. The number of alkyl halides is 3. The van der Waals surface area contributed by atoms with E-state index in [0.717, 1.165) is 5.56 Å². The van der Waals surface area contributed by atoms with Gasteiger partial charge in [-0.15, -0.1) is 0 Å². The summed E-state index contributed by atoms with van der Waals surface area (Å²) in [5.74, 6) is -2.70. The Morgan fingerprint density at radius 3 is 2.43 bits per heavy atom. The van der Waals surface area contributed by atoms with E-state index in [1.54, 1.807) is 37.3 Å². The molecule has 1 heterocycles. The van der Waals surface area contributed by atoms with E-state index in [-0.39, 0.29) is 22.1 Å². The predicted octanol–water partition coefficient (Wildman–Crippen LogP) is 6.39. The second-order valence-corrected chi connectivity index (χ2v) is 7.91. The van der Waals surface area contributed by atoms with Crippen molar-refractivity contribution in [3.63, 3.8) is 0 Å². The molecule has 3 rings (SSSR count). The Labute approximate surface area is 203 Å². The molecule has 0 unspecified atom stereocenters. The van der Waals surface area contributed by atoms with Gasteiger partial charge in [-0.3, -0.25) is 4.79 Å². The number of pyridine rings is 1. The van der Waals surface area contributed by atoms with Gasteiger partial charge in [0.05, 0.1) is 18.2 Å². The number of hydrogen-bond acceptors (Lipinski definition) is 5. The summed E-state index contributed by atoms with van der Waals surface area (Å²) < 4.78 is 56.5. The minimum atomic E-state index is -4.67. The minimum Gasteiger partial charge on any atom is -0.465 e. The van der Waals surface area contributed by atoms with E-state index >= 15 is 0 Å². The highest BCUT2D eigenvalue weighted by atomic mass is 35.5. The van der Waals surface area contributed by atoms with E-state index in [4.69, 9.17) is 11.6 Å². The van der Waals surface area contributed by atoms with Crippen LogP contribution in [0, 0.1) is 5.82 Å². The van der Waals surface area contributed by atoms with Crippen LogP contribution < -0.4 is 10.6 Å². The van der Waals surface area contributed by atoms with E-state index in [0.29, 0.717) is 11.1 Å².